The van der Waals surface area contributed by atoms with Crippen molar-refractivity contribution in [1.29, 1.82) is 0 Å². The van der Waals surface area contributed by atoms with E-state index in [-0.39, 0.29) is 17.7 Å². The molecule has 1 fully saturated rings. The van der Waals surface area contributed by atoms with Crippen LogP contribution in [0.5, 0.6) is 5.88 Å². The summed E-state index contributed by atoms with van der Waals surface area (Å²) < 4.78 is 10.9. The number of ether oxygens (including phenoxy) is 2. The van der Waals surface area contributed by atoms with Crippen molar-refractivity contribution in [3.63, 3.8) is 0 Å². The van der Waals surface area contributed by atoms with Crippen LogP contribution in [0.1, 0.15) is 28.8 Å². The molecule has 2 aliphatic rings. The number of nitrogens with zero attached hydrogens (tertiary/aromatic N) is 4. The van der Waals surface area contributed by atoms with Crippen LogP contribution in [0.2, 0.25) is 0 Å². The van der Waals surface area contributed by atoms with Gasteiger partial charge in [-0.15, -0.1) is 11.3 Å². The molecule has 2 aliphatic heterocycles. The van der Waals surface area contributed by atoms with E-state index < -0.39 is 11.4 Å². The highest BCUT2D eigenvalue weighted by atomic mass is 32.2. The van der Waals surface area contributed by atoms with E-state index in [1.165, 1.54) is 30.8 Å². The van der Waals surface area contributed by atoms with Crippen LogP contribution < -0.4 is 15.8 Å². The first-order valence-electron chi connectivity index (χ1n) is 8.73. The molecule has 1 amide bonds. The molecule has 148 valence electrons. The molecule has 9 nitrogen and oxygen atoms in total. The summed E-state index contributed by atoms with van der Waals surface area (Å²) in [5.74, 6) is 1.56. The van der Waals surface area contributed by atoms with Crippen molar-refractivity contribution in [1.82, 2.24) is 15.0 Å². The second-order valence-corrected chi connectivity index (χ2v) is 8.57. The summed E-state index contributed by atoms with van der Waals surface area (Å²) in [5.41, 5.74) is 5.62. The van der Waals surface area contributed by atoms with Crippen molar-refractivity contribution in [2.75, 3.05) is 24.8 Å². The molecule has 1 saturated heterocycles. The summed E-state index contributed by atoms with van der Waals surface area (Å²) in [6, 6.07) is 0. The van der Waals surface area contributed by atoms with Crippen LogP contribution in [-0.4, -0.2) is 51.6 Å². The number of carbonyl (C=O) groups excluding carboxylic acids is 1. The number of rotatable bonds is 4. The zero-order valence-corrected chi connectivity index (χ0v) is 17.0. The Labute approximate surface area is 170 Å². The van der Waals surface area contributed by atoms with Crippen LogP contribution in [0.25, 0.3) is 0 Å². The molecular formula is C17H20N6O3S2. The summed E-state index contributed by atoms with van der Waals surface area (Å²) in [7, 11) is 1.49. The number of anilines is 1. The number of amidine groups is 1. The molecule has 0 spiro atoms. The van der Waals surface area contributed by atoms with Gasteiger partial charge in [-0.05, 0) is 13.3 Å². The first kappa shape index (κ1) is 19.1. The number of carbonyl (C=O) groups is 1. The Bertz CT molecular complexity index is 903. The normalized spacial score (nSPS) is 26.9. The van der Waals surface area contributed by atoms with E-state index in [2.05, 4.69) is 27.2 Å². The zero-order valence-electron chi connectivity index (χ0n) is 15.4. The second-order valence-electron chi connectivity index (χ2n) is 6.68. The van der Waals surface area contributed by atoms with E-state index in [4.69, 9.17) is 20.2 Å². The van der Waals surface area contributed by atoms with Crippen molar-refractivity contribution in [3.05, 3.63) is 28.5 Å². The maximum atomic E-state index is 12.4. The number of hydrogen-bond donors (Lipinski definition) is 2. The number of thioether (sulfide) groups is 1. The van der Waals surface area contributed by atoms with Gasteiger partial charge in [0, 0.05) is 17.1 Å². The Kier molecular flexibility index (Phi) is 5.21. The van der Waals surface area contributed by atoms with Gasteiger partial charge >= 0.3 is 0 Å². The highest BCUT2D eigenvalue weighted by Crippen LogP contribution is 2.46. The van der Waals surface area contributed by atoms with Crippen LogP contribution in [0.4, 0.5) is 5.82 Å². The zero-order chi connectivity index (χ0) is 19.7. The van der Waals surface area contributed by atoms with Gasteiger partial charge in [0.25, 0.3) is 5.91 Å². The topological polar surface area (TPSA) is 125 Å². The molecule has 0 aromatic carbocycles. The van der Waals surface area contributed by atoms with Gasteiger partial charge < -0.3 is 20.5 Å². The van der Waals surface area contributed by atoms with Gasteiger partial charge in [-0.1, -0.05) is 11.8 Å². The molecule has 2 aromatic heterocycles. The molecule has 0 aliphatic carbocycles. The molecule has 0 unspecified atom stereocenters. The molecule has 4 heterocycles. The quantitative estimate of drug-likeness (QED) is 0.768. The fourth-order valence-electron chi connectivity index (χ4n) is 3.33. The monoisotopic (exact) mass is 420 g/mol. The molecular weight excluding hydrogens is 400 g/mol. The van der Waals surface area contributed by atoms with Gasteiger partial charge in [0.05, 0.1) is 32.2 Å². The number of aromatic nitrogens is 3. The summed E-state index contributed by atoms with van der Waals surface area (Å²) in [6.07, 6.45) is 3.83. The SMILES string of the molecule is COc1cnc(C(=O)Nc2csc([C@]34CO[C@@H](C)C[C@H]3CSC(N)=N4)n2)cn1. The van der Waals surface area contributed by atoms with Crippen molar-refractivity contribution >= 4 is 40.0 Å². The van der Waals surface area contributed by atoms with Crippen LogP contribution in [0.3, 0.4) is 0 Å². The van der Waals surface area contributed by atoms with Gasteiger partial charge in [-0.25, -0.2) is 19.9 Å². The molecule has 3 atom stereocenters. The summed E-state index contributed by atoms with van der Waals surface area (Å²) in [4.78, 5) is 29.8. The number of nitrogens with two attached hydrogens (primary N) is 1. The predicted octanol–water partition coefficient (Wildman–Crippen LogP) is 1.88. The largest absolute Gasteiger partial charge is 0.480 e. The second kappa shape index (κ2) is 7.64. The van der Waals surface area contributed by atoms with Crippen molar-refractivity contribution in [2.24, 2.45) is 16.6 Å². The van der Waals surface area contributed by atoms with Crippen molar-refractivity contribution in [2.45, 2.75) is 25.0 Å². The highest BCUT2D eigenvalue weighted by Gasteiger charge is 2.49. The molecule has 0 radical (unpaired) electrons. The minimum absolute atomic E-state index is 0.178. The lowest BCUT2D eigenvalue weighted by atomic mass is 9.80. The predicted molar refractivity (Wildman–Crippen MR) is 108 cm³/mol. The van der Waals surface area contributed by atoms with E-state index >= 15 is 0 Å². The molecule has 2 aromatic rings. The first-order valence-corrected chi connectivity index (χ1v) is 10.6. The maximum Gasteiger partial charge on any atom is 0.277 e. The van der Waals surface area contributed by atoms with E-state index in [1.807, 2.05) is 0 Å². The van der Waals surface area contributed by atoms with Gasteiger partial charge in [0.1, 0.15) is 22.1 Å². The van der Waals surface area contributed by atoms with Crippen molar-refractivity contribution in [3.8, 4) is 5.88 Å². The summed E-state index contributed by atoms with van der Waals surface area (Å²) in [6.45, 7) is 2.50. The fourth-order valence-corrected chi connectivity index (χ4v) is 5.30. The number of aliphatic imine (C=N–C) groups is 1. The molecule has 0 saturated carbocycles. The standard InChI is InChI=1S/C17H20N6O3S2/c1-9-3-10-6-28-16(18)23-17(10,8-26-9)15-22-12(7-27-15)21-14(24)11-4-20-13(25-2)5-19-11/h4-5,7,9-10H,3,6,8H2,1-2H3,(H2,18,23)(H,21,24)/t9-,10-,17-/m0/s1. The number of amides is 1. The fraction of sp³-hybridized carbons (Fsp3) is 0.471. The molecule has 0 bridgehead atoms. The van der Waals surface area contributed by atoms with Gasteiger partial charge in [-0.3, -0.25) is 4.79 Å². The molecule has 4 rings (SSSR count). The third-order valence-corrected chi connectivity index (χ3v) is 6.77. The Hall–Kier alpha value is -2.24. The lowest BCUT2D eigenvalue weighted by molar-refractivity contribution is -0.0466. The van der Waals surface area contributed by atoms with Crippen LogP contribution in [0, 0.1) is 5.92 Å². The third-order valence-electron chi connectivity index (χ3n) is 4.81. The number of hydrogen-bond acceptors (Lipinski definition) is 10. The van der Waals surface area contributed by atoms with Crippen LogP contribution in [-0.2, 0) is 10.3 Å². The van der Waals surface area contributed by atoms with E-state index in [0.717, 1.165) is 17.2 Å². The number of methoxy groups -OCH3 is 1. The van der Waals surface area contributed by atoms with Crippen LogP contribution >= 0.6 is 23.1 Å². The lowest BCUT2D eigenvalue weighted by Gasteiger charge is -2.44. The maximum absolute atomic E-state index is 12.4. The number of nitrogens with one attached hydrogen (secondary N) is 1. The average Bonchev–Trinajstić information content (AvgIpc) is 3.17. The Balaban J connectivity index is 1.56. The minimum Gasteiger partial charge on any atom is -0.480 e. The van der Waals surface area contributed by atoms with Gasteiger partial charge in [-0.2, -0.15) is 0 Å². The molecule has 28 heavy (non-hydrogen) atoms. The highest BCUT2D eigenvalue weighted by molar-refractivity contribution is 8.13. The summed E-state index contributed by atoms with van der Waals surface area (Å²) >= 11 is 3.02. The summed E-state index contributed by atoms with van der Waals surface area (Å²) in [5, 5.41) is 5.89. The molecule has 3 N–H and O–H groups in total. The van der Waals surface area contributed by atoms with E-state index in [9.17, 15) is 4.79 Å². The Morgan fingerprint density at radius 3 is 3.04 bits per heavy atom. The van der Waals surface area contributed by atoms with Crippen molar-refractivity contribution < 1.29 is 14.3 Å². The van der Waals surface area contributed by atoms with Crippen LogP contribution in [0.15, 0.2) is 22.8 Å². The minimum atomic E-state index is -0.588. The first-order chi connectivity index (χ1) is 13.5. The Morgan fingerprint density at radius 1 is 1.43 bits per heavy atom. The third kappa shape index (κ3) is 3.56. The van der Waals surface area contributed by atoms with Gasteiger partial charge in [0.2, 0.25) is 5.88 Å². The van der Waals surface area contributed by atoms with Gasteiger partial charge in [0.15, 0.2) is 5.17 Å². The lowest BCUT2D eigenvalue weighted by Crippen LogP contribution is -2.49. The van der Waals surface area contributed by atoms with E-state index in [1.54, 1.807) is 17.1 Å². The number of fused-ring (bicyclic) bond motifs is 1. The smallest absolute Gasteiger partial charge is 0.277 e. The van der Waals surface area contributed by atoms with E-state index in [0.29, 0.717) is 23.5 Å². The number of thiazole rings is 1. The Morgan fingerprint density at radius 2 is 2.29 bits per heavy atom. The molecule has 11 heteroatoms. The average molecular weight is 421 g/mol.